The number of benzene rings is 3. The van der Waals surface area contributed by atoms with E-state index < -0.39 is 5.91 Å². The molecular formula is C26H24N2O4. The second-order valence-electron chi connectivity index (χ2n) is 7.25. The van der Waals surface area contributed by atoms with Crippen molar-refractivity contribution in [3.8, 4) is 11.5 Å². The van der Waals surface area contributed by atoms with Crippen LogP contribution in [0.4, 0.5) is 0 Å². The van der Waals surface area contributed by atoms with Crippen LogP contribution in [-0.4, -0.2) is 18.7 Å². The van der Waals surface area contributed by atoms with E-state index in [0.29, 0.717) is 24.5 Å². The fourth-order valence-electron chi connectivity index (χ4n) is 3.17. The molecule has 0 radical (unpaired) electrons. The van der Waals surface area contributed by atoms with E-state index in [1.807, 2.05) is 62.4 Å². The number of para-hydroxylation sites is 1. The van der Waals surface area contributed by atoms with Crippen LogP contribution >= 0.6 is 0 Å². The Hall–Kier alpha value is -4.06. The Morgan fingerprint density at radius 2 is 1.84 bits per heavy atom. The van der Waals surface area contributed by atoms with Gasteiger partial charge in [0.05, 0.1) is 12.8 Å². The van der Waals surface area contributed by atoms with Crippen LogP contribution in [0.15, 0.2) is 82.3 Å². The third-order valence-electron chi connectivity index (χ3n) is 4.83. The van der Waals surface area contributed by atoms with E-state index in [1.165, 1.54) is 5.56 Å². The summed E-state index contributed by atoms with van der Waals surface area (Å²) >= 11 is 0. The first-order chi connectivity index (χ1) is 15.6. The summed E-state index contributed by atoms with van der Waals surface area (Å²) in [7, 11) is 0. The van der Waals surface area contributed by atoms with Gasteiger partial charge >= 0.3 is 5.91 Å². The van der Waals surface area contributed by atoms with Gasteiger partial charge in [0.25, 0.3) is 0 Å². The molecule has 0 aliphatic heterocycles. The quantitative estimate of drug-likeness (QED) is 0.298. The topological polar surface area (TPSA) is 73.1 Å². The smallest absolute Gasteiger partial charge is 0.307 e. The number of fused-ring (bicyclic) bond motifs is 1. The minimum Gasteiger partial charge on any atom is -0.494 e. The molecule has 4 aromatic rings. The van der Waals surface area contributed by atoms with E-state index in [2.05, 4.69) is 22.7 Å². The summed E-state index contributed by atoms with van der Waals surface area (Å²) < 4.78 is 17.0. The predicted molar refractivity (Wildman–Crippen MR) is 124 cm³/mol. The predicted octanol–water partition coefficient (Wildman–Crippen LogP) is 5.48. The molecule has 3 aromatic carbocycles. The van der Waals surface area contributed by atoms with E-state index in [4.69, 9.17) is 13.9 Å². The van der Waals surface area contributed by atoms with Crippen molar-refractivity contribution in [2.75, 3.05) is 6.61 Å². The van der Waals surface area contributed by atoms with Gasteiger partial charge in [-0.05, 0) is 55.8 Å². The third-order valence-corrected chi connectivity index (χ3v) is 4.83. The molecule has 1 heterocycles. The van der Waals surface area contributed by atoms with Crippen LogP contribution in [0.2, 0.25) is 0 Å². The van der Waals surface area contributed by atoms with Crippen LogP contribution in [-0.2, 0) is 6.61 Å². The average molecular weight is 428 g/mol. The molecule has 0 spiro atoms. The van der Waals surface area contributed by atoms with Crippen molar-refractivity contribution in [3.63, 3.8) is 0 Å². The van der Waals surface area contributed by atoms with Crippen molar-refractivity contribution in [1.82, 2.24) is 5.43 Å². The number of rotatable bonds is 8. The van der Waals surface area contributed by atoms with Gasteiger partial charge in [0, 0.05) is 10.9 Å². The fourth-order valence-corrected chi connectivity index (χ4v) is 3.17. The number of carbonyl (C=O) groups excluding carboxylic acids is 1. The summed E-state index contributed by atoms with van der Waals surface area (Å²) in [6, 6.07) is 22.8. The van der Waals surface area contributed by atoms with E-state index in [0.717, 1.165) is 22.3 Å². The van der Waals surface area contributed by atoms with Crippen molar-refractivity contribution >= 4 is 23.1 Å². The lowest BCUT2D eigenvalue weighted by molar-refractivity contribution is 0.0929. The molecule has 1 N–H and O–H groups in total. The number of nitrogens with one attached hydrogen (secondary N) is 1. The molecule has 4 rings (SSSR count). The number of hydrogen-bond donors (Lipinski definition) is 1. The second-order valence-corrected chi connectivity index (χ2v) is 7.25. The number of hydrogen-bond acceptors (Lipinski definition) is 5. The molecule has 0 unspecified atom stereocenters. The summed E-state index contributed by atoms with van der Waals surface area (Å²) in [6.45, 7) is 4.98. The minimum absolute atomic E-state index is 0.176. The Morgan fingerprint density at radius 1 is 1.03 bits per heavy atom. The van der Waals surface area contributed by atoms with Crippen LogP contribution in [0.5, 0.6) is 11.5 Å². The third kappa shape index (κ3) is 5.16. The Morgan fingerprint density at radius 3 is 2.66 bits per heavy atom. The summed E-state index contributed by atoms with van der Waals surface area (Å²) in [5.74, 6) is 1.15. The molecule has 6 heteroatoms. The van der Waals surface area contributed by atoms with Gasteiger partial charge in [0.15, 0.2) is 5.76 Å². The fraction of sp³-hybridized carbons (Fsp3) is 0.154. The van der Waals surface area contributed by atoms with Crippen molar-refractivity contribution < 1.29 is 18.7 Å². The van der Waals surface area contributed by atoms with Gasteiger partial charge in [0.2, 0.25) is 0 Å². The van der Waals surface area contributed by atoms with E-state index in [-0.39, 0.29) is 5.76 Å². The lowest BCUT2D eigenvalue weighted by atomic mass is 10.1. The molecule has 1 amide bonds. The number of nitrogens with zero attached hydrogens (tertiary/aromatic N) is 1. The normalized spacial score (nSPS) is 11.1. The molecule has 0 saturated carbocycles. The molecule has 162 valence electrons. The van der Waals surface area contributed by atoms with Crippen molar-refractivity contribution in [1.29, 1.82) is 0 Å². The van der Waals surface area contributed by atoms with E-state index in [1.54, 1.807) is 18.3 Å². The van der Waals surface area contributed by atoms with Gasteiger partial charge in [-0.15, -0.1) is 0 Å². The Bertz CT molecular complexity index is 1240. The maximum absolute atomic E-state index is 12.5. The van der Waals surface area contributed by atoms with Gasteiger partial charge in [-0.2, -0.15) is 5.10 Å². The standard InChI is InChI=1S/C26H24N2O4/c1-3-30-22-12-13-24-21(14-22)15-25(32-24)26(29)28-27-16-20-6-4-5-7-23(20)31-17-19-10-8-18(2)9-11-19/h4-16H,3,17H2,1-2H3,(H,28,29)/b27-16+. The second kappa shape index (κ2) is 9.83. The summed E-state index contributed by atoms with van der Waals surface area (Å²) in [5.41, 5.74) is 6.15. The van der Waals surface area contributed by atoms with Crippen LogP contribution in [0.1, 0.15) is 34.2 Å². The number of carbonyl (C=O) groups is 1. The zero-order valence-corrected chi connectivity index (χ0v) is 18.0. The monoisotopic (exact) mass is 428 g/mol. The van der Waals surface area contributed by atoms with Crippen LogP contribution in [0.3, 0.4) is 0 Å². The first kappa shape index (κ1) is 21.2. The molecule has 0 bridgehead atoms. The Balaban J connectivity index is 1.41. The highest BCUT2D eigenvalue weighted by atomic mass is 16.5. The highest BCUT2D eigenvalue weighted by molar-refractivity contribution is 5.97. The SMILES string of the molecule is CCOc1ccc2oc(C(=O)N/N=C/c3ccccc3OCc3ccc(C)cc3)cc2c1. The van der Waals surface area contributed by atoms with Crippen LogP contribution in [0, 0.1) is 6.92 Å². The van der Waals surface area contributed by atoms with Crippen LogP contribution < -0.4 is 14.9 Å². The number of furan rings is 1. The van der Waals surface area contributed by atoms with Gasteiger partial charge in [0.1, 0.15) is 23.7 Å². The molecule has 1 aromatic heterocycles. The summed E-state index contributed by atoms with van der Waals surface area (Å²) in [6.07, 6.45) is 1.55. The molecule has 6 nitrogen and oxygen atoms in total. The minimum atomic E-state index is -0.437. The molecule has 0 aliphatic rings. The van der Waals surface area contributed by atoms with Crippen molar-refractivity contribution in [2.24, 2.45) is 5.10 Å². The van der Waals surface area contributed by atoms with Gasteiger partial charge < -0.3 is 13.9 Å². The maximum Gasteiger partial charge on any atom is 0.307 e. The highest BCUT2D eigenvalue weighted by Gasteiger charge is 2.12. The lowest BCUT2D eigenvalue weighted by Gasteiger charge is -2.09. The number of ether oxygens (including phenoxy) is 2. The molecule has 0 atom stereocenters. The zero-order chi connectivity index (χ0) is 22.3. The molecule has 0 aliphatic carbocycles. The Labute approximate surface area is 186 Å². The molecular weight excluding hydrogens is 404 g/mol. The van der Waals surface area contributed by atoms with Crippen molar-refractivity contribution in [3.05, 3.63) is 95.2 Å². The largest absolute Gasteiger partial charge is 0.494 e. The van der Waals surface area contributed by atoms with Gasteiger partial charge in [-0.1, -0.05) is 42.0 Å². The molecule has 32 heavy (non-hydrogen) atoms. The number of amides is 1. The lowest BCUT2D eigenvalue weighted by Crippen LogP contribution is -2.16. The zero-order valence-electron chi connectivity index (χ0n) is 18.0. The first-order valence-electron chi connectivity index (χ1n) is 10.4. The highest BCUT2D eigenvalue weighted by Crippen LogP contribution is 2.24. The van der Waals surface area contributed by atoms with E-state index >= 15 is 0 Å². The van der Waals surface area contributed by atoms with Gasteiger partial charge in [-0.25, -0.2) is 5.43 Å². The summed E-state index contributed by atoms with van der Waals surface area (Å²) in [5, 5.41) is 4.86. The van der Waals surface area contributed by atoms with E-state index in [9.17, 15) is 4.79 Å². The number of hydrazone groups is 1. The number of aryl methyl sites for hydroxylation is 1. The Kier molecular flexibility index (Phi) is 6.51. The van der Waals surface area contributed by atoms with Gasteiger partial charge in [-0.3, -0.25) is 4.79 Å². The van der Waals surface area contributed by atoms with Crippen LogP contribution in [0.25, 0.3) is 11.0 Å². The molecule has 0 fully saturated rings. The van der Waals surface area contributed by atoms with Crippen molar-refractivity contribution in [2.45, 2.75) is 20.5 Å². The average Bonchev–Trinajstić information content (AvgIpc) is 3.23. The maximum atomic E-state index is 12.5. The summed E-state index contributed by atoms with van der Waals surface area (Å²) in [4.78, 5) is 12.5. The molecule has 0 saturated heterocycles. The first-order valence-corrected chi connectivity index (χ1v) is 10.4.